The minimum atomic E-state index is -0.550. The maximum Gasteiger partial charge on any atom is 0.255 e. The second-order valence-electron chi connectivity index (χ2n) is 10.9. The summed E-state index contributed by atoms with van der Waals surface area (Å²) in [5, 5.41) is 9.10. The van der Waals surface area contributed by atoms with Crippen molar-refractivity contribution in [3.63, 3.8) is 0 Å². The second-order valence-corrected chi connectivity index (χ2v) is 10.9. The zero-order valence-corrected chi connectivity index (χ0v) is 22.9. The first-order valence-corrected chi connectivity index (χ1v) is 13.1. The third kappa shape index (κ3) is 6.90. The highest BCUT2D eigenvalue weighted by atomic mass is 16.3. The maximum atomic E-state index is 12.9. The predicted octanol–water partition coefficient (Wildman–Crippen LogP) is 5.34. The van der Waals surface area contributed by atoms with Crippen molar-refractivity contribution in [2.24, 2.45) is 5.92 Å². The first kappa shape index (κ1) is 28.2. The van der Waals surface area contributed by atoms with E-state index in [0.717, 1.165) is 30.0 Å². The molecule has 1 N–H and O–H groups in total. The molecule has 0 unspecified atom stereocenters. The van der Waals surface area contributed by atoms with Crippen molar-refractivity contribution in [2.75, 3.05) is 32.1 Å². The van der Waals surface area contributed by atoms with Crippen molar-refractivity contribution in [3.05, 3.63) is 65.5 Å². The quantitative estimate of drug-likeness (QED) is 0.380. The number of fused-ring (bicyclic) bond motifs is 1. The zero-order valence-electron chi connectivity index (χ0n) is 22.9. The van der Waals surface area contributed by atoms with Crippen LogP contribution in [0.2, 0.25) is 0 Å². The molecule has 3 aliphatic rings. The summed E-state index contributed by atoms with van der Waals surface area (Å²) in [6, 6.07) is 5.60. The van der Waals surface area contributed by atoms with Gasteiger partial charge in [0.1, 0.15) is 12.3 Å². The lowest BCUT2D eigenvalue weighted by atomic mass is 9.93. The fourth-order valence-electron chi connectivity index (χ4n) is 4.64. The third-order valence-corrected chi connectivity index (χ3v) is 7.38. The number of nitrogens with zero attached hydrogens (tertiary/aromatic N) is 3. The Kier molecular flexibility index (Phi) is 9.00. The molecule has 2 heterocycles. The molecular weight excluding hydrogens is 466 g/mol. The Balaban J connectivity index is 0.000000248. The standard InChI is InChI=1S/C18H23N3O3.C12H18O/c1-18(2)14-8-7-12(20-9-5-6-15(20)22)10-13(14)17(24)21(18)11-16(23)19(3)4;1-3-12(13)9-5-10(2)4-6-11-7-8-11/h7-8,10H,5-6,9,11H2,1-4H3;3,5,9,11,13H,1,4,6-8H2,2H3/b;10-5+,12-9+. The summed E-state index contributed by atoms with van der Waals surface area (Å²) in [5.41, 5.74) is 3.03. The lowest BCUT2D eigenvalue weighted by Gasteiger charge is -2.32. The summed E-state index contributed by atoms with van der Waals surface area (Å²) in [6.45, 7) is 10.2. The maximum absolute atomic E-state index is 12.9. The molecule has 0 aromatic heterocycles. The molecule has 1 aromatic carbocycles. The van der Waals surface area contributed by atoms with Crippen LogP contribution in [0, 0.1) is 5.92 Å². The lowest BCUT2D eigenvalue weighted by molar-refractivity contribution is -0.130. The second kappa shape index (κ2) is 11.8. The molecule has 3 amide bonds. The first-order chi connectivity index (χ1) is 17.4. The van der Waals surface area contributed by atoms with Crippen molar-refractivity contribution in [1.29, 1.82) is 0 Å². The molecule has 7 nitrogen and oxygen atoms in total. The molecule has 7 heteroatoms. The predicted molar refractivity (Wildman–Crippen MR) is 147 cm³/mol. The van der Waals surface area contributed by atoms with Gasteiger partial charge in [0.05, 0.1) is 5.54 Å². The Morgan fingerprint density at radius 1 is 1.22 bits per heavy atom. The number of anilines is 1. The molecule has 1 aromatic rings. The van der Waals surface area contributed by atoms with Gasteiger partial charge < -0.3 is 19.8 Å². The van der Waals surface area contributed by atoms with Gasteiger partial charge in [0.2, 0.25) is 11.8 Å². The van der Waals surface area contributed by atoms with E-state index in [4.69, 9.17) is 5.11 Å². The van der Waals surface area contributed by atoms with Crippen LogP contribution in [0.5, 0.6) is 0 Å². The van der Waals surface area contributed by atoms with Crippen molar-refractivity contribution < 1.29 is 19.5 Å². The minimum Gasteiger partial charge on any atom is -0.508 e. The summed E-state index contributed by atoms with van der Waals surface area (Å²) in [7, 11) is 3.36. The summed E-state index contributed by atoms with van der Waals surface area (Å²) < 4.78 is 0. The number of rotatable bonds is 8. The molecule has 0 radical (unpaired) electrons. The van der Waals surface area contributed by atoms with E-state index in [-0.39, 0.29) is 30.0 Å². The van der Waals surface area contributed by atoms with E-state index < -0.39 is 5.54 Å². The van der Waals surface area contributed by atoms with Crippen LogP contribution in [0.4, 0.5) is 5.69 Å². The first-order valence-electron chi connectivity index (χ1n) is 13.1. The summed E-state index contributed by atoms with van der Waals surface area (Å²) >= 11 is 0. The van der Waals surface area contributed by atoms with E-state index >= 15 is 0 Å². The molecule has 1 saturated carbocycles. The van der Waals surface area contributed by atoms with E-state index in [1.54, 1.807) is 36.0 Å². The van der Waals surface area contributed by atoms with Gasteiger partial charge in [-0.25, -0.2) is 0 Å². The largest absolute Gasteiger partial charge is 0.508 e. The van der Waals surface area contributed by atoms with E-state index in [1.807, 2.05) is 32.1 Å². The highest BCUT2D eigenvalue weighted by Gasteiger charge is 2.44. The molecule has 4 rings (SSSR count). The van der Waals surface area contributed by atoms with Gasteiger partial charge in [0.25, 0.3) is 5.91 Å². The van der Waals surface area contributed by atoms with E-state index in [9.17, 15) is 14.4 Å². The minimum absolute atomic E-state index is 0.0471. The van der Waals surface area contributed by atoms with Crippen LogP contribution in [-0.4, -0.2) is 59.8 Å². The number of hydrogen-bond donors (Lipinski definition) is 1. The van der Waals surface area contributed by atoms with Crippen LogP contribution in [0.3, 0.4) is 0 Å². The molecular formula is C30H41N3O4. The van der Waals surface area contributed by atoms with Gasteiger partial charge in [-0.05, 0) is 75.8 Å². The average molecular weight is 508 g/mol. The number of allylic oxidation sites excluding steroid dienone is 4. The highest BCUT2D eigenvalue weighted by molar-refractivity contribution is 6.04. The number of amides is 3. The van der Waals surface area contributed by atoms with Crippen LogP contribution < -0.4 is 4.90 Å². The monoisotopic (exact) mass is 507 g/mol. The van der Waals surface area contributed by atoms with E-state index in [1.165, 1.54) is 35.8 Å². The molecule has 0 bridgehead atoms. The Bertz CT molecular complexity index is 1110. The van der Waals surface area contributed by atoms with Crippen LogP contribution in [0.15, 0.2) is 54.3 Å². The number of carbonyl (C=O) groups excluding carboxylic acids is 3. The Morgan fingerprint density at radius 2 is 1.92 bits per heavy atom. The highest BCUT2D eigenvalue weighted by Crippen LogP contribution is 2.40. The Labute approximate surface area is 221 Å². The number of benzene rings is 1. The molecule has 2 fully saturated rings. The normalized spacial score (nSPS) is 18.9. The molecule has 0 atom stereocenters. The van der Waals surface area contributed by atoms with Gasteiger partial charge in [0.15, 0.2) is 0 Å². The van der Waals surface area contributed by atoms with Crippen LogP contribution in [-0.2, 0) is 15.1 Å². The third-order valence-electron chi connectivity index (χ3n) is 7.38. The van der Waals surface area contributed by atoms with Gasteiger partial charge in [-0.15, -0.1) is 0 Å². The van der Waals surface area contributed by atoms with Gasteiger partial charge >= 0.3 is 0 Å². The number of aliphatic hydroxyl groups excluding tert-OH is 1. The van der Waals surface area contributed by atoms with Crippen LogP contribution in [0.25, 0.3) is 0 Å². The Hall–Kier alpha value is -3.35. The fraction of sp³-hybridized carbons (Fsp3) is 0.500. The van der Waals surface area contributed by atoms with Gasteiger partial charge in [-0.3, -0.25) is 14.4 Å². The van der Waals surface area contributed by atoms with Crippen molar-refractivity contribution in [1.82, 2.24) is 9.80 Å². The fourth-order valence-corrected chi connectivity index (χ4v) is 4.64. The average Bonchev–Trinajstić information content (AvgIpc) is 3.57. The summed E-state index contributed by atoms with van der Waals surface area (Å²) in [6.07, 6.45) is 11.8. The van der Waals surface area contributed by atoms with Crippen LogP contribution in [0.1, 0.15) is 75.2 Å². The number of carbonyl (C=O) groups is 3. The van der Waals surface area contributed by atoms with Gasteiger partial charge in [-0.2, -0.15) is 0 Å². The molecule has 200 valence electrons. The molecule has 1 saturated heterocycles. The SMILES string of the molecule is C=C/C(O)=C\C=C(/C)CCC1CC1.CN(C)C(=O)CN1C(=O)c2cc(N3CCCC3=O)ccc2C1(C)C. The lowest BCUT2D eigenvalue weighted by Crippen LogP contribution is -2.45. The number of likely N-dealkylation sites (N-methyl/N-ethyl adjacent to an activating group) is 1. The zero-order chi connectivity index (χ0) is 27.3. The summed E-state index contributed by atoms with van der Waals surface area (Å²) in [5.74, 6) is 1.06. The Morgan fingerprint density at radius 3 is 2.49 bits per heavy atom. The smallest absolute Gasteiger partial charge is 0.255 e. The van der Waals surface area contributed by atoms with Crippen LogP contribution >= 0.6 is 0 Å². The topological polar surface area (TPSA) is 81.2 Å². The van der Waals surface area contributed by atoms with Crippen molar-refractivity contribution in [3.8, 4) is 0 Å². The molecule has 37 heavy (non-hydrogen) atoms. The number of hydrogen-bond acceptors (Lipinski definition) is 4. The van der Waals surface area contributed by atoms with Gasteiger partial charge in [0, 0.05) is 38.3 Å². The number of aliphatic hydroxyl groups is 1. The van der Waals surface area contributed by atoms with Crippen molar-refractivity contribution in [2.45, 2.75) is 64.8 Å². The van der Waals surface area contributed by atoms with Crippen molar-refractivity contribution >= 4 is 23.4 Å². The van der Waals surface area contributed by atoms with E-state index in [2.05, 4.69) is 13.5 Å². The summed E-state index contributed by atoms with van der Waals surface area (Å²) in [4.78, 5) is 41.7. The van der Waals surface area contributed by atoms with E-state index in [0.29, 0.717) is 18.5 Å². The molecule has 0 spiro atoms. The van der Waals surface area contributed by atoms with Gasteiger partial charge in [-0.1, -0.05) is 37.1 Å². The molecule has 2 aliphatic heterocycles. The molecule has 1 aliphatic carbocycles.